The predicted molar refractivity (Wildman–Crippen MR) is 96.9 cm³/mol. The number of hydrogen-bond donors (Lipinski definition) is 0. The third-order valence-electron chi connectivity index (χ3n) is 4.18. The normalized spacial score (nSPS) is 13.3. The van der Waals surface area contributed by atoms with Gasteiger partial charge in [-0.3, -0.25) is 9.69 Å². The molecule has 0 saturated carbocycles. The first kappa shape index (κ1) is 16.0. The summed E-state index contributed by atoms with van der Waals surface area (Å²) in [6.07, 6.45) is 3.42. The lowest BCUT2D eigenvalue weighted by Gasteiger charge is -2.22. The van der Waals surface area contributed by atoms with E-state index >= 15 is 0 Å². The molecule has 1 aromatic heterocycles. The molecule has 0 bridgehead atoms. The van der Waals surface area contributed by atoms with Gasteiger partial charge in [-0.05, 0) is 29.5 Å². The van der Waals surface area contributed by atoms with Gasteiger partial charge < -0.3 is 4.90 Å². The molecule has 0 spiro atoms. The van der Waals surface area contributed by atoms with Crippen LogP contribution in [0, 0.1) is 0 Å². The molecule has 23 heavy (non-hydrogen) atoms. The van der Waals surface area contributed by atoms with E-state index in [1.807, 2.05) is 29.2 Å². The zero-order valence-electron chi connectivity index (χ0n) is 13.3. The van der Waals surface area contributed by atoms with Crippen LogP contribution in [0.15, 0.2) is 54.4 Å². The van der Waals surface area contributed by atoms with Gasteiger partial charge in [0.2, 0.25) is 5.91 Å². The molecular weight excluding hydrogens is 304 g/mol. The van der Waals surface area contributed by atoms with Gasteiger partial charge in [0.05, 0.1) is 0 Å². The number of rotatable bonds is 7. The molecule has 2 heterocycles. The third-order valence-corrected chi connectivity index (χ3v) is 5.04. The molecule has 1 aromatic carbocycles. The quantitative estimate of drug-likeness (QED) is 0.724. The summed E-state index contributed by atoms with van der Waals surface area (Å²) in [6.45, 7) is 7.10. The Kier molecular flexibility index (Phi) is 5.26. The summed E-state index contributed by atoms with van der Waals surface area (Å²) in [4.78, 5) is 18.1. The van der Waals surface area contributed by atoms with Crippen molar-refractivity contribution in [2.45, 2.75) is 19.4 Å². The highest BCUT2D eigenvalue weighted by atomic mass is 32.1. The Morgan fingerprint density at radius 2 is 2.17 bits per heavy atom. The van der Waals surface area contributed by atoms with Gasteiger partial charge in [0.15, 0.2) is 0 Å². The van der Waals surface area contributed by atoms with E-state index in [1.54, 1.807) is 11.3 Å². The fourth-order valence-electron chi connectivity index (χ4n) is 3.03. The number of amides is 1. The van der Waals surface area contributed by atoms with Crippen molar-refractivity contribution in [1.29, 1.82) is 0 Å². The van der Waals surface area contributed by atoms with Gasteiger partial charge in [-0.15, -0.1) is 17.9 Å². The Morgan fingerprint density at radius 1 is 1.30 bits per heavy atom. The molecule has 0 aliphatic carbocycles. The molecular formula is C19H22N2OS. The molecule has 0 saturated heterocycles. The van der Waals surface area contributed by atoms with E-state index in [0.717, 1.165) is 38.3 Å². The summed E-state index contributed by atoms with van der Waals surface area (Å²) in [5, 5.41) is 2.09. The zero-order valence-corrected chi connectivity index (χ0v) is 14.1. The first-order valence-corrected chi connectivity index (χ1v) is 8.90. The van der Waals surface area contributed by atoms with Gasteiger partial charge in [-0.1, -0.05) is 30.3 Å². The van der Waals surface area contributed by atoms with E-state index in [0.29, 0.717) is 6.42 Å². The fourth-order valence-corrected chi connectivity index (χ4v) is 3.77. The number of carbonyl (C=O) groups is 1. The van der Waals surface area contributed by atoms with E-state index in [-0.39, 0.29) is 5.91 Å². The molecule has 0 radical (unpaired) electrons. The highest BCUT2D eigenvalue weighted by molar-refractivity contribution is 7.09. The van der Waals surface area contributed by atoms with Crippen molar-refractivity contribution in [3.05, 3.63) is 64.9 Å². The smallest absolute Gasteiger partial charge is 0.228 e. The van der Waals surface area contributed by atoms with Gasteiger partial charge in [-0.2, -0.15) is 0 Å². The molecule has 1 amide bonds. The van der Waals surface area contributed by atoms with E-state index in [4.69, 9.17) is 0 Å². The van der Waals surface area contributed by atoms with Crippen LogP contribution in [0.2, 0.25) is 0 Å². The van der Waals surface area contributed by atoms with Crippen LogP contribution in [-0.4, -0.2) is 30.4 Å². The van der Waals surface area contributed by atoms with Crippen molar-refractivity contribution >= 4 is 22.9 Å². The minimum Gasteiger partial charge on any atom is -0.312 e. The van der Waals surface area contributed by atoms with E-state index in [9.17, 15) is 4.79 Å². The summed E-state index contributed by atoms with van der Waals surface area (Å²) in [5.74, 6) is 0.218. The summed E-state index contributed by atoms with van der Waals surface area (Å²) in [5.41, 5.74) is 2.37. The van der Waals surface area contributed by atoms with Crippen molar-refractivity contribution < 1.29 is 4.79 Å². The molecule has 1 aliphatic heterocycles. The first-order valence-electron chi connectivity index (χ1n) is 8.02. The Balaban J connectivity index is 1.58. The van der Waals surface area contributed by atoms with Crippen LogP contribution in [0.3, 0.4) is 0 Å². The van der Waals surface area contributed by atoms with Crippen LogP contribution in [0.25, 0.3) is 0 Å². The van der Waals surface area contributed by atoms with Crippen LogP contribution < -0.4 is 4.90 Å². The Bertz CT molecular complexity index is 666. The molecule has 0 N–H and O–H groups in total. The largest absolute Gasteiger partial charge is 0.312 e. The molecule has 0 unspecified atom stereocenters. The summed E-state index contributed by atoms with van der Waals surface area (Å²) >= 11 is 1.76. The highest BCUT2D eigenvalue weighted by Gasteiger charge is 2.24. The van der Waals surface area contributed by atoms with Crippen molar-refractivity contribution in [3.63, 3.8) is 0 Å². The van der Waals surface area contributed by atoms with Crippen LogP contribution in [0.5, 0.6) is 0 Å². The highest BCUT2D eigenvalue weighted by Crippen LogP contribution is 2.27. The number of para-hydroxylation sites is 1. The molecule has 3 nitrogen and oxygen atoms in total. The predicted octanol–water partition coefficient (Wildman–Crippen LogP) is 3.72. The van der Waals surface area contributed by atoms with Crippen molar-refractivity contribution in [2.75, 3.05) is 24.5 Å². The lowest BCUT2D eigenvalue weighted by atomic mass is 10.2. The monoisotopic (exact) mass is 326 g/mol. The molecule has 120 valence electrons. The van der Waals surface area contributed by atoms with Gasteiger partial charge in [0.25, 0.3) is 0 Å². The maximum atomic E-state index is 12.6. The number of fused-ring (bicyclic) bond motifs is 1. The van der Waals surface area contributed by atoms with E-state index < -0.39 is 0 Å². The average molecular weight is 326 g/mol. The van der Waals surface area contributed by atoms with Crippen molar-refractivity contribution in [2.24, 2.45) is 0 Å². The molecule has 0 atom stereocenters. The van der Waals surface area contributed by atoms with Gasteiger partial charge in [-0.25, -0.2) is 0 Å². The van der Waals surface area contributed by atoms with Gasteiger partial charge in [0.1, 0.15) is 0 Å². The minimum atomic E-state index is 0.218. The van der Waals surface area contributed by atoms with Crippen LogP contribution in [0.4, 0.5) is 5.69 Å². The first-order chi connectivity index (χ1) is 11.3. The third kappa shape index (κ3) is 3.89. The number of thiophene rings is 1. The second-order valence-electron chi connectivity index (χ2n) is 5.78. The second kappa shape index (κ2) is 7.57. The maximum Gasteiger partial charge on any atom is 0.228 e. The van der Waals surface area contributed by atoms with Crippen molar-refractivity contribution in [1.82, 2.24) is 4.90 Å². The number of anilines is 1. The standard InChI is InChI=1S/C19H22N2OS/c1-2-11-20(15-17-7-5-14-23-17)12-10-19(22)21-13-9-16-6-3-4-8-18(16)21/h2-8,14H,1,9-13,15H2. The SMILES string of the molecule is C=CCN(CCC(=O)N1CCc2ccccc21)Cc1cccs1. The average Bonchev–Trinajstić information content (AvgIpc) is 3.22. The van der Waals surface area contributed by atoms with Crippen LogP contribution in [-0.2, 0) is 17.8 Å². The fraction of sp³-hybridized carbons (Fsp3) is 0.316. The molecule has 3 rings (SSSR count). The second-order valence-corrected chi connectivity index (χ2v) is 6.81. The van der Waals surface area contributed by atoms with E-state index in [1.165, 1.54) is 10.4 Å². The molecule has 1 aliphatic rings. The molecule has 4 heteroatoms. The Hall–Kier alpha value is -1.91. The summed E-state index contributed by atoms with van der Waals surface area (Å²) < 4.78 is 0. The molecule has 0 fully saturated rings. The number of carbonyl (C=O) groups excluding carboxylic acids is 1. The van der Waals surface area contributed by atoms with Gasteiger partial charge >= 0.3 is 0 Å². The summed E-state index contributed by atoms with van der Waals surface area (Å²) in [7, 11) is 0. The van der Waals surface area contributed by atoms with Crippen LogP contribution >= 0.6 is 11.3 Å². The van der Waals surface area contributed by atoms with Crippen molar-refractivity contribution in [3.8, 4) is 0 Å². The van der Waals surface area contributed by atoms with Gasteiger partial charge in [0, 0.05) is 43.2 Å². The topological polar surface area (TPSA) is 23.6 Å². The number of nitrogens with zero attached hydrogens (tertiary/aromatic N) is 2. The maximum absolute atomic E-state index is 12.6. The number of benzene rings is 1. The minimum absolute atomic E-state index is 0.218. The lowest BCUT2D eigenvalue weighted by molar-refractivity contribution is -0.118. The van der Waals surface area contributed by atoms with Crippen LogP contribution in [0.1, 0.15) is 16.9 Å². The molecule has 2 aromatic rings. The van der Waals surface area contributed by atoms with E-state index in [2.05, 4.69) is 35.1 Å². The zero-order chi connectivity index (χ0) is 16.1. The lowest BCUT2D eigenvalue weighted by Crippen LogP contribution is -2.33. The number of hydrogen-bond acceptors (Lipinski definition) is 3. The Morgan fingerprint density at radius 3 is 2.96 bits per heavy atom. The Labute approximate surface area is 141 Å². The summed E-state index contributed by atoms with van der Waals surface area (Å²) in [6, 6.07) is 12.4.